The Morgan fingerprint density at radius 2 is 1.75 bits per heavy atom. The van der Waals surface area contributed by atoms with Crippen LogP contribution >= 0.6 is 0 Å². The summed E-state index contributed by atoms with van der Waals surface area (Å²) in [6.45, 7) is 6.11. The first kappa shape index (κ1) is 16.7. The Balaban J connectivity index is 1.78. The van der Waals surface area contributed by atoms with Gasteiger partial charge in [0.05, 0.1) is 11.6 Å². The Morgan fingerprint density at radius 3 is 2.42 bits per heavy atom. The lowest BCUT2D eigenvalue weighted by Gasteiger charge is -2.21. The van der Waals surface area contributed by atoms with Gasteiger partial charge in [0, 0.05) is 33.2 Å². The largest absolute Gasteiger partial charge is 0.342 e. The van der Waals surface area contributed by atoms with Gasteiger partial charge in [-0.1, -0.05) is 0 Å². The van der Waals surface area contributed by atoms with Crippen LogP contribution in [0.15, 0.2) is 4.79 Å². The van der Waals surface area contributed by atoms with Gasteiger partial charge in [0.25, 0.3) is 11.5 Å². The van der Waals surface area contributed by atoms with Crippen LogP contribution in [-0.4, -0.2) is 57.6 Å². The van der Waals surface area contributed by atoms with E-state index in [0.29, 0.717) is 30.8 Å². The number of likely N-dealkylation sites (tertiary alicyclic amines) is 2. The molecule has 2 fully saturated rings. The number of rotatable bonds is 2. The molecule has 0 N–H and O–H groups in total. The third-order valence-corrected chi connectivity index (χ3v) is 5.18. The van der Waals surface area contributed by atoms with Crippen LogP contribution in [0.3, 0.4) is 0 Å². The van der Waals surface area contributed by atoms with E-state index < -0.39 is 0 Å². The predicted octanol–water partition coefficient (Wildman–Crippen LogP) is 0.482. The quantitative estimate of drug-likeness (QED) is 0.789. The molecule has 130 valence electrons. The molecule has 1 aromatic rings. The summed E-state index contributed by atoms with van der Waals surface area (Å²) in [5.74, 6) is -0.271. The second-order valence-electron chi connectivity index (χ2n) is 6.78. The van der Waals surface area contributed by atoms with E-state index in [1.165, 1.54) is 4.68 Å². The van der Waals surface area contributed by atoms with Gasteiger partial charge in [0.15, 0.2) is 0 Å². The van der Waals surface area contributed by atoms with E-state index in [9.17, 15) is 14.4 Å². The maximum atomic E-state index is 12.8. The maximum absolute atomic E-state index is 12.8. The van der Waals surface area contributed by atoms with Crippen molar-refractivity contribution in [3.63, 3.8) is 0 Å². The summed E-state index contributed by atoms with van der Waals surface area (Å²) in [5, 5.41) is 4.11. The maximum Gasteiger partial charge on any atom is 0.279 e. The molecule has 7 nitrogen and oxygen atoms in total. The fraction of sp³-hybridized carbons (Fsp3) is 0.647. The molecule has 0 saturated carbocycles. The molecule has 24 heavy (non-hydrogen) atoms. The highest BCUT2D eigenvalue weighted by atomic mass is 16.2. The topological polar surface area (TPSA) is 75.5 Å². The van der Waals surface area contributed by atoms with Gasteiger partial charge in [0.2, 0.25) is 5.91 Å². The number of aryl methyl sites for hydroxylation is 2. The SMILES string of the molecule is Cc1nn(C)c(=O)c(C(=O)N2CC[C@H](C(=O)N3CCCC3)C2)c1C. The van der Waals surface area contributed by atoms with E-state index in [0.717, 1.165) is 25.9 Å². The van der Waals surface area contributed by atoms with Crippen molar-refractivity contribution in [2.45, 2.75) is 33.1 Å². The van der Waals surface area contributed by atoms with Crippen LogP contribution in [0, 0.1) is 19.8 Å². The van der Waals surface area contributed by atoms with Crippen molar-refractivity contribution in [1.29, 1.82) is 0 Å². The molecule has 0 spiro atoms. The zero-order valence-electron chi connectivity index (χ0n) is 14.5. The summed E-state index contributed by atoms with van der Waals surface area (Å²) in [6.07, 6.45) is 2.80. The van der Waals surface area contributed by atoms with Crippen molar-refractivity contribution < 1.29 is 9.59 Å². The molecule has 0 aromatic carbocycles. The molecule has 0 radical (unpaired) electrons. The summed E-state index contributed by atoms with van der Waals surface area (Å²) < 4.78 is 1.21. The Labute approximate surface area is 141 Å². The van der Waals surface area contributed by atoms with Crippen molar-refractivity contribution in [3.8, 4) is 0 Å². The second kappa shape index (κ2) is 6.37. The zero-order chi connectivity index (χ0) is 17.4. The fourth-order valence-corrected chi connectivity index (χ4v) is 3.60. The summed E-state index contributed by atoms with van der Waals surface area (Å²) in [5.41, 5.74) is 1.10. The molecule has 2 saturated heterocycles. The standard InChI is InChI=1S/C17H24N4O3/c1-11-12(2)18-19(3)16(23)14(11)17(24)21-9-6-13(10-21)15(22)20-7-4-5-8-20/h13H,4-10H2,1-3H3/t13-/m0/s1. The third kappa shape index (κ3) is 2.83. The summed E-state index contributed by atoms with van der Waals surface area (Å²) >= 11 is 0. The molecule has 1 aromatic heterocycles. The van der Waals surface area contributed by atoms with Crippen LogP contribution in [0.5, 0.6) is 0 Å². The number of carbonyl (C=O) groups excluding carboxylic acids is 2. The molecular weight excluding hydrogens is 308 g/mol. The first-order chi connectivity index (χ1) is 11.4. The Bertz CT molecular complexity index is 734. The van der Waals surface area contributed by atoms with E-state index in [4.69, 9.17) is 0 Å². The first-order valence-electron chi connectivity index (χ1n) is 8.52. The van der Waals surface area contributed by atoms with Gasteiger partial charge in [-0.25, -0.2) is 4.68 Å². The molecule has 0 aliphatic carbocycles. The lowest BCUT2D eigenvalue weighted by atomic mass is 10.1. The molecule has 3 heterocycles. The monoisotopic (exact) mass is 332 g/mol. The molecule has 0 bridgehead atoms. The lowest BCUT2D eigenvalue weighted by molar-refractivity contribution is -0.133. The van der Waals surface area contributed by atoms with Crippen molar-refractivity contribution in [3.05, 3.63) is 27.2 Å². The Morgan fingerprint density at radius 1 is 1.08 bits per heavy atom. The molecule has 2 aliphatic heterocycles. The second-order valence-corrected chi connectivity index (χ2v) is 6.78. The first-order valence-corrected chi connectivity index (χ1v) is 8.52. The van der Waals surface area contributed by atoms with Gasteiger partial charge in [-0.3, -0.25) is 14.4 Å². The Hall–Kier alpha value is -2.18. The lowest BCUT2D eigenvalue weighted by Crippen LogP contribution is -2.39. The molecular formula is C17H24N4O3. The minimum Gasteiger partial charge on any atom is -0.342 e. The van der Waals surface area contributed by atoms with Gasteiger partial charge in [0.1, 0.15) is 5.56 Å². The summed E-state index contributed by atoms with van der Waals surface area (Å²) in [7, 11) is 1.55. The van der Waals surface area contributed by atoms with Crippen LogP contribution in [0.2, 0.25) is 0 Å². The minimum atomic E-state index is -0.377. The van der Waals surface area contributed by atoms with Crippen molar-refractivity contribution >= 4 is 11.8 Å². The van der Waals surface area contributed by atoms with E-state index in [1.54, 1.807) is 25.8 Å². The third-order valence-electron chi connectivity index (χ3n) is 5.18. The van der Waals surface area contributed by atoms with Crippen LogP contribution in [0.25, 0.3) is 0 Å². The summed E-state index contributed by atoms with van der Waals surface area (Å²) in [4.78, 5) is 41.2. The van der Waals surface area contributed by atoms with Crippen LogP contribution < -0.4 is 5.56 Å². The smallest absolute Gasteiger partial charge is 0.279 e. The number of aromatic nitrogens is 2. The van der Waals surface area contributed by atoms with Crippen molar-refractivity contribution in [2.24, 2.45) is 13.0 Å². The molecule has 7 heteroatoms. The van der Waals surface area contributed by atoms with E-state index >= 15 is 0 Å². The van der Waals surface area contributed by atoms with Crippen molar-refractivity contribution in [2.75, 3.05) is 26.2 Å². The average Bonchev–Trinajstić information content (AvgIpc) is 3.24. The number of hydrogen-bond donors (Lipinski definition) is 0. The molecule has 2 aliphatic rings. The van der Waals surface area contributed by atoms with Crippen LogP contribution in [0.4, 0.5) is 0 Å². The normalized spacial score (nSPS) is 20.7. The average molecular weight is 332 g/mol. The van der Waals surface area contributed by atoms with Gasteiger partial charge in [-0.15, -0.1) is 0 Å². The highest BCUT2D eigenvalue weighted by Gasteiger charge is 2.35. The van der Waals surface area contributed by atoms with Gasteiger partial charge in [-0.2, -0.15) is 5.10 Å². The molecule has 2 amide bonds. The van der Waals surface area contributed by atoms with Gasteiger partial charge >= 0.3 is 0 Å². The van der Waals surface area contributed by atoms with Gasteiger partial charge in [-0.05, 0) is 38.7 Å². The number of amides is 2. The van der Waals surface area contributed by atoms with Crippen LogP contribution in [-0.2, 0) is 11.8 Å². The highest BCUT2D eigenvalue weighted by Crippen LogP contribution is 2.23. The summed E-state index contributed by atoms with van der Waals surface area (Å²) in [6, 6.07) is 0. The molecule has 3 rings (SSSR count). The highest BCUT2D eigenvalue weighted by molar-refractivity contribution is 5.96. The number of carbonyl (C=O) groups is 2. The van der Waals surface area contributed by atoms with Crippen molar-refractivity contribution in [1.82, 2.24) is 19.6 Å². The zero-order valence-corrected chi connectivity index (χ0v) is 14.5. The van der Waals surface area contributed by atoms with E-state index in [2.05, 4.69) is 5.10 Å². The van der Waals surface area contributed by atoms with E-state index in [-0.39, 0.29) is 28.9 Å². The number of nitrogens with zero attached hydrogens (tertiary/aromatic N) is 4. The minimum absolute atomic E-state index is 0.140. The molecule has 0 unspecified atom stereocenters. The predicted molar refractivity (Wildman–Crippen MR) is 88.8 cm³/mol. The van der Waals surface area contributed by atoms with E-state index in [1.807, 2.05) is 4.90 Å². The number of hydrogen-bond acceptors (Lipinski definition) is 4. The van der Waals surface area contributed by atoms with Gasteiger partial charge < -0.3 is 9.80 Å². The Kier molecular flexibility index (Phi) is 4.43. The molecule has 1 atom stereocenters. The van der Waals surface area contributed by atoms with Crippen LogP contribution in [0.1, 0.15) is 40.9 Å². The fourth-order valence-electron chi connectivity index (χ4n) is 3.60.